The second kappa shape index (κ2) is 10.9. The Morgan fingerprint density at radius 2 is 1.28 bits per heavy atom. The Labute approximate surface area is 227 Å². The van der Waals surface area contributed by atoms with Gasteiger partial charge in [-0.2, -0.15) is 0 Å². The van der Waals surface area contributed by atoms with Crippen molar-refractivity contribution in [3.63, 3.8) is 0 Å². The highest BCUT2D eigenvalue weighted by Crippen LogP contribution is 2.55. The smallest absolute Gasteiger partial charge is 0.343 e. The topological polar surface area (TPSA) is 117 Å². The summed E-state index contributed by atoms with van der Waals surface area (Å²) in [5.41, 5.74) is -0.439. The van der Waals surface area contributed by atoms with E-state index in [1.54, 1.807) is 6.08 Å². The molecule has 214 valence electrons. The average Bonchev–Trinajstić information content (AvgIpc) is 2.87. The Bertz CT molecular complexity index is 1180. The van der Waals surface area contributed by atoms with Crippen LogP contribution < -0.4 is 18.9 Å². The average molecular weight is 549 g/mol. The summed E-state index contributed by atoms with van der Waals surface area (Å²) >= 11 is 0. The third kappa shape index (κ3) is 5.55. The third-order valence-electron chi connectivity index (χ3n) is 6.65. The maximum absolute atomic E-state index is 13.8. The fraction of sp³-hybridized carbons (Fsp3) is 0.571. The number of fused-ring (bicyclic) bond motifs is 3. The molecule has 3 aliphatic rings. The lowest BCUT2D eigenvalue weighted by molar-refractivity contribution is -0.298. The number of hydrogen-bond donors (Lipinski definition) is 0. The van der Waals surface area contributed by atoms with E-state index < -0.39 is 53.8 Å². The number of carbonyl (C=O) groups is 2. The molecule has 0 spiro atoms. The van der Waals surface area contributed by atoms with Crippen LogP contribution in [0.1, 0.15) is 45.7 Å². The van der Waals surface area contributed by atoms with Crippen molar-refractivity contribution < 1.29 is 52.2 Å². The molecule has 0 aliphatic carbocycles. The second-order valence-corrected chi connectivity index (χ2v) is 10.5. The van der Waals surface area contributed by atoms with Gasteiger partial charge in [0, 0.05) is 35.4 Å². The minimum Gasteiger partial charge on any atom is -0.482 e. The van der Waals surface area contributed by atoms with E-state index in [9.17, 15) is 9.59 Å². The third-order valence-corrected chi connectivity index (χ3v) is 6.65. The highest BCUT2D eigenvalue weighted by atomic mass is 16.7. The summed E-state index contributed by atoms with van der Waals surface area (Å²) in [7, 11) is 5.79. The van der Waals surface area contributed by atoms with Crippen molar-refractivity contribution in [2.75, 3.05) is 28.4 Å². The first-order chi connectivity index (χ1) is 18.4. The molecule has 3 aliphatic heterocycles. The second-order valence-electron chi connectivity index (χ2n) is 10.5. The monoisotopic (exact) mass is 548 g/mol. The van der Waals surface area contributed by atoms with Crippen molar-refractivity contribution in [3.05, 3.63) is 23.3 Å². The largest absolute Gasteiger partial charge is 0.482 e. The van der Waals surface area contributed by atoms with E-state index in [0.717, 1.165) is 0 Å². The summed E-state index contributed by atoms with van der Waals surface area (Å²) in [5.74, 6) is -0.955. The standard InChI is InChI=1S/C28H36O11/c1-14(29)35-18-15-10-12-27(2,3)38-17(15)16-11-13-28(4,5)39-19(16)22(18)36-25(30)23-20(31-6)21(32-7)24(33-8)26(34-9)37-23/h10-13,20-21,23-24,26H,1-9H3/t20-,21-,23-,24+,26-/m0/s1. The van der Waals surface area contributed by atoms with Gasteiger partial charge >= 0.3 is 11.9 Å². The predicted molar refractivity (Wildman–Crippen MR) is 139 cm³/mol. The molecule has 4 rings (SSSR count). The normalized spacial score (nSPS) is 28.0. The van der Waals surface area contributed by atoms with E-state index in [4.69, 9.17) is 42.6 Å². The molecule has 0 amide bonds. The van der Waals surface area contributed by atoms with Gasteiger partial charge in [-0.05, 0) is 52.0 Å². The van der Waals surface area contributed by atoms with Gasteiger partial charge in [0.15, 0.2) is 23.9 Å². The summed E-state index contributed by atoms with van der Waals surface area (Å²) in [6, 6.07) is 0. The van der Waals surface area contributed by atoms with Crippen LogP contribution in [0.2, 0.25) is 0 Å². The molecule has 1 fully saturated rings. The molecule has 39 heavy (non-hydrogen) atoms. The predicted octanol–water partition coefficient (Wildman–Crippen LogP) is 3.30. The molecule has 11 heteroatoms. The molecule has 5 atom stereocenters. The van der Waals surface area contributed by atoms with Crippen LogP contribution in [0, 0.1) is 0 Å². The number of hydrogen-bond acceptors (Lipinski definition) is 11. The molecule has 1 aromatic carbocycles. The zero-order valence-electron chi connectivity index (χ0n) is 23.7. The van der Waals surface area contributed by atoms with Gasteiger partial charge in [0.25, 0.3) is 0 Å². The zero-order valence-corrected chi connectivity index (χ0v) is 23.7. The SMILES string of the molecule is CO[C@H]1O[C@H](C(=O)Oc2c(OC(C)=O)c3c(c4c2OC(C)(C)C=C4)OC(C)(C)C=C3)[C@@H](OC)[C@H](OC)[C@H]1OC. The molecule has 0 saturated carbocycles. The Morgan fingerprint density at radius 3 is 1.82 bits per heavy atom. The summed E-state index contributed by atoms with van der Waals surface area (Å²) in [5, 5.41) is 0. The van der Waals surface area contributed by atoms with Gasteiger partial charge < -0.3 is 42.6 Å². The molecule has 0 aromatic heterocycles. The molecule has 0 bridgehead atoms. The first-order valence-electron chi connectivity index (χ1n) is 12.5. The van der Waals surface area contributed by atoms with Crippen molar-refractivity contribution in [2.45, 2.75) is 76.5 Å². The zero-order chi connectivity index (χ0) is 28.7. The van der Waals surface area contributed by atoms with Crippen molar-refractivity contribution >= 4 is 24.1 Å². The molecule has 1 aromatic rings. The Balaban J connectivity index is 1.84. The van der Waals surface area contributed by atoms with Gasteiger partial charge in [0.1, 0.15) is 35.3 Å². The van der Waals surface area contributed by atoms with Crippen LogP contribution in [0.4, 0.5) is 0 Å². The van der Waals surface area contributed by atoms with Gasteiger partial charge in [-0.25, -0.2) is 4.79 Å². The van der Waals surface area contributed by atoms with E-state index in [2.05, 4.69) is 0 Å². The molecule has 0 N–H and O–H groups in total. The van der Waals surface area contributed by atoms with Crippen LogP contribution in [0.5, 0.6) is 23.0 Å². The number of carbonyl (C=O) groups excluding carboxylic acids is 2. The van der Waals surface area contributed by atoms with Crippen LogP contribution in [-0.4, -0.2) is 82.3 Å². The Morgan fingerprint density at radius 1 is 0.718 bits per heavy atom. The maximum Gasteiger partial charge on any atom is 0.343 e. The van der Waals surface area contributed by atoms with Crippen LogP contribution in [-0.2, 0) is 33.3 Å². The lowest BCUT2D eigenvalue weighted by atomic mass is 9.94. The minimum atomic E-state index is -1.29. The first-order valence-corrected chi connectivity index (χ1v) is 12.5. The number of ether oxygens (including phenoxy) is 9. The quantitative estimate of drug-likeness (QED) is 0.369. The number of methoxy groups -OCH3 is 4. The number of benzene rings is 1. The molecular weight excluding hydrogens is 512 g/mol. The molecule has 1 saturated heterocycles. The highest BCUT2D eigenvalue weighted by molar-refractivity contribution is 5.89. The van der Waals surface area contributed by atoms with Crippen LogP contribution in [0.15, 0.2) is 12.2 Å². The highest BCUT2D eigenvalue weighted by Gasteiger charge is 2.51. The first kappa shape index (κ1) is 29.0. The van der Waals surface area contributed by atoms with E-state index in [1.165, 1.54) is 35.4 Å². The van der Waals surface area contributed by atoms with Crippen molar-refractivity contribution in [3.8, 4) is 23.0 Å². The lowest BCUT2D eigenvalue weighted by Crippen LogP contribution is -2.62. The van der Waals surface area contributed by atoms with E-state index in [0.29, 0.717) is 16.9 Å². The van der Waals surface area contributed by atoms with Crippen LogP contribution in [0.3, 0.4) is 0 Å². The van der Waals surface area contributed by atoms with Gasteiger partial charge in [-0.15, -0.1) is 0 Å². The minimum absolute atomic E-state index is 0.0198. The van der Waals surface area contributed by atoms with E-state index >= 15 is 0 Å². The van der Waals surface area contributed by atoms with Gasteiger partial charge in [0.05, 0.1) is 11.1 Å². The summed E-state index contributed by atoms with van der Waals surface area (Å²) < 4.78 is 52.1. The van der Waals surface area contributed by atoms with Crippen molar-refractivity contribution in [1.82, 2.24) is 0 Å². The molecule has 0 unspecified atom stereocenters. The van der Waals surface area contributed by atoms with Gasteiger partial charge in [-0.1, -0.05) is 0 Å². The summed E-state index contributed by atoms with van der Waals surface area (Å²) in [6.07, 6.45) is 2.73. The fourth-order valence-electron chi connectivity index (χ4n) is 4.84. The van der Waals surface area contributed by atoms with Crippen molar-refractivity contribution in [1.29, 1.82) is 0 Å². The number of rotatable bonds is 7. The van der Waals surface area contributed by atoms with Gasteiger partial charge in [0.2, 0.25) is 5.75 Å². The molecule has 11 nitrogen and oxygen atoms in total. The van der Waals surface area contributed by atoms with Crippen LogP contribution >= 0.6 is 0 Å². The number of esters is 2. The Kier molecular flexibility index (Phi) is 8.11. The summed E-state index contributed by atoms with van der Waals surface area (Å²) in [6.45, 7) is 8.73. The Hall–Kier alpha value is -2.96. The van der Waals surface area contributed by atoms with Crippen molar-refractivity contribution in [2.24, 2.45) is 0 Å². The van der Waals surface area contributed by atoms with Gasteiger partial charge in [-0.3, -0.25) is 4.79 Å². The lowest BCUT2D eigenvalue weighted by Gasteiger charge is -2.43. The van der Waals surface area contributed by atoms with Crippen LogP contribution in [0.25, 0.3) is 12.2 Å². The maximum atomic E-state index is 13.8. The fourth-order valence-corrected chi connectivity index (χ4v) is 4.84. The molecule has 0 radical (unpaired) electrons. The van der Waals surface area contributed by atoms with E-state index in [1.807, 2.05) is 45.9 Å². The summed E-state index contributed by atoms with van der Waals surface area (Å²) in [4.78, 5) is 26.0. The molecular formula is C28H36O11. The molecule has 3 heterocycles. The van der Waals surface area contributed by atoms with E-state index in [-0.39, 0.29) is 17.2 Å².